The minimum atomic E-state index is -0.355. The van der Waals surface area contributed by atoms with Crippen molar-refractivity contribution >= 4 is 5.97 Å². The van der Waals surface area contributed by atoms with Gasteiger partial charge in [0.05, 0.1) is 5.56 Å². The number of hydrogen-bond donors (Lipinski definition) is 1. The number of benzene rings is 2. The summed E-state index contributed by atoms with van der Waals surface area (Å²) >= 11 is 0. The van der Waals surface area contributed by atoms with Crippen LogP contribution >= 0.6 is 0 Å². The third-order valence-corrected chi connectivity index (χ3v) is 3.49. The summed E-state index contributed by atoms with van der Waals surface area (Å²) in [5, 5.41) is 9.74. The molecule has 0 aliphatic heterocycles. The number of aromatic hydroxyl groups is 1. The van der Waals surface area contributed by atoms with Gasteiger partial charge in [-0.25, -0.2) is 4.79 Å². The number of ether oxygens (including phenoxy) is 1. The molecule has 0 amide bonds. The van der Waals surface area contributed by atoms with Gasteiger partial charge in [0.25, 0.3) is 0 Å². The van der Waals surface area contributed by atoms with Crippen LogP contribution in [0.25, 0.3) is 0 Å². The van der Waals surface area contributed by atoms with E-state index in [0.717, 1.165) is 16.7 Å². The molecular weight excluding hydrogens is 252 g/mol. The van der Waals surface area contributed by atoms with Crippen molar-refractivity contribution in [2.24, 2.45) is 0 Å². The number of carbonyl (C=O) groups excluding carboxylic acids is 1. The molecule has 0 aliphatic carbocycles. The van der Waals surface area contributed by atoms with Crippen LogP contribution in [0, 0.1) is 20.8 Å². The highest BCUT2D eigenvalue weighted by Gasteiger charge is 2.17. The maximum absolute atomic E-state index is 12.2. The lowest BCUT2D eigenvalue weighted by molar-refractivity contribution is 0.0471. The number of phenolic OH excluding ortho intramolecular Hbond substituents is 1. The molecule has 0 saturated heterocycles. The second-order valence-corrected chi connectivity index (χ2v) is 4.90. The fraction of sp³-hybridized carbons (Fsp3) is 0.235. The van der Waals surface area contributed by atoms with Gasteiger partial charge in [-0.1, -0.05) is 30.3 Å². The van der Waals surface area contributed by atoms with Crippen LogP contribution in [0.1, 0.15) is 32.6 Å². The normalized spacial score (nSPS) is 10.3. The molecule has 104 valence electrons. The number of esters is 1. The Bertz CT molecular complexity index is 630. The molecule has 3 heteroatoms. The molecule has 0 radical (unpaired) electrons. The van der Waals surface area contributed by atoms with Crippen LogP contribution in [-0.2, 0) is 11.3 Å². The standard InChI is InChI=1S/C17H18O3/c1-11-9-15(18)12(2)13(3)16(11)17(19)20-10-14-7-5-4-6-8-14/h4-9,18H,10H2,1-3H3. The molecule has 2 rings (SSSR count). The first-order valence-electron chi connectivity index (χ1n) is 6.51. The van der Waals surface area contributed by atoms with Crippen LogP contribution in [0.2, 0.25) is 0 Å². The molecule has 20 heavy (non-hydrogen) atoms. The molecule has 0 aliphatic rings. The highest BCUT2D eigenvalue weighted by atomic mass is 16.5. The first-order valence-corrected chi connectivity index (χ1v) is 6.51. The molecule has 0 heterocycles. The van der Waals surface area contributed by atoms with Gasteiger partial charge in [0, 0.05) is 0 Å². The Morgan fingerprint density at radius 2 is 1.75 bits per heavy atom. The molecule has 0 aromatic heterocycles. The minimum absolute atomic E-state index is 0.208. The summed E-state index contributed by atoms with van der Waals surface area (Å²) in [6.45, 7) is 5.66. The summed E-state index contributed by atoms with van der Waals surface area (Å²) in [5.74, 6) is -0.147. The molecular formula is C17H18O3. The van der Waals surface area contributed by atoms with Crippen molar-refractivity contribution in [3.05, 3.63) is 64.2 Å². The quantitative estimate of drug-likeness (QED) is 0.865. The number of hydrogen-bond acceptors (Lipinski definition) is 3. The maximum Gasteiger partial charge on any atom is 0.339 e. The highest BCUT2D eigenvalue weighted by Crippen LogP contribution is 2.27. The Morgan fingerprint density at radius 3 is 2.40 bits per heavy atom. The van der Waals surface area contributed by atoms with Gasteiger partial charge >= 0.3 is 5.97 Å². The van der Waals surface area contributed by atoms with E-state index in [1.807, 2.05) is 37.3 Å². The predicted molar refractivity (Wildman–Crippen MR) is 77.9 cm³/mol. The zero-order valence-electron chi connectivity index (χ0n) is 11.9. The molecule has 2 aromatic rings. The second-order valence-electron chi connectivity index (χ2n) is 4.90. The van der Waals surface area contributed by atoms with Crippen LogP contribution in [0.15, 0.2) is 36.4 Å². The zero-order chi connectivity index (χ0) is 14.7. The van der Waals surface area contributed by atoms with E-state index in [0.29, 0.717) is 11.1 Å². The zero-order valence-corrected chi connectivity index (χ0v) is 11.9. The fourth-order valence-electron chi connectivity index (χ4n) is 2.17. The minimum Gasteiger partial charge on any atom is -0.508 e. The molecule has 1 N–H and O–H groups in total. The van der Waals surface area contributed by atoms with E-state index in [4.69, 9.17) is 4.74 Å². The van der Waals surface area contributed by atoms with E-state index < -0.39 is 0 Å². The van der Waals surface area contributed by atoms with Gasteiger partial charge in [-0.3, -0.25) is 0 Å². The average molecular weight is 270 g/mol. The summed E-state index contributed by atoms with van der Waals surface area (Å²) in [4.78, 5) is 12.2. The van der Waals surface area contributed by atoms with Crippen LogP contribution in [-0.4, -0.2) is 11.1 Å². The topological polar surface area (TPSA) is 46.5 Å². The van der Waals surface area contributed by atoms with E-state index in [-0.39, 0.29) is 18.3 Å². The van der Waals surface area contributed by atoms with Crippen LogP contribution in [0.5, 0.6) is 5.75 Å². The molecule has 2 aromatic carbocycles. The average Bonchev–Trinajstić information content (AvgIpc) is 2.44. The van der Waals surface area contributed by atoms with Crippen LogP contribution in [0.4, 0.5) is 0 Å². The molecule has 0 unspecified atom stereocenters. The highest BCUT2D eigenvalue weighted by molar-refractivity contribution is 5.93. The molecule has 0 atom stereocenters. The van der Waals surface area contributed by atoms with Gasteiger partial charge in [0.1, 0.15) is 12.4 Å². The van der Waals surface area contributed by atoms with Crippen LogP contribution in [0.3, 0.4) is 0 Å². The van der Waals surface area contributed by atoms with Crippen molar-refractivity contribution in [3.63, 3.8) is 0 Å². The third kappa shape index (κ3) is 2.82. The first kappa shape index (κ1) is 14.1. The monoisotopic (exact) mass is 270 g/mol. The Labute approximate surface area is 118 Å². The van der Waals surface area contributed by atoms with Gasteiger partial charge < -0.3 is 9.84 Å². The third-order valence-electron chi connectivity index (χ3n) is 3.49. The van der Waals surface area contributed by atoms with E-state index in [9.17, 15) is 9.90 Å². The van der Waals surface area contributed by atoms with Crippen molar-refractivity contribution in [1.82, 2.24) is 0 Å². The van der Waals surface area contributed by atoms with Gasteiger partial charge in [0.2, 0.25) is 0 Å². The van der Waals surface area contributed by atoms with E-state index in [1.54, 1.807) is 19.9 Å². The second kappa shape index (κ2) is 5.78. The van der Waals surface area contributed by atoms with E-state index in [1.165, 1.54) is 0 Å². The smallest absolute Gasteiger partial charge is 0.339 e. The summed E-state index contributed by atoms with van der Waals surface area (Å²) in [6.07, 6.45) is 0. The molecule has 0 fully saturated rings. The lowest BCUT2D eigenvalue weighted by Gasteiger charge is -2.13. The van der Waals surface area contributed by atoms with Gasteiger partial charge in [-0.05, 0) is 49.1 Å². The Hall–Kier alpha value is -2.29. The van der Waals surface area contributed by atoms with E-state index in [2.05, 4.69) is 0 Å². The number of rotatable bonds is 3. The number of carbonyl (C=O) groups is 1. The first-order chi connectivity index (χ1) is 9.50. The lowest BCUT2D eigenvalue weighted by atomic mass is 9.97. The number of phenols is 1. The molecule has 0 saturated carbocycles. The molecule has 3 nitrogen and oxygen atoms in total. The Morgan fingerprint density at radius 1 is 1.10 bits per heavy atom. The predicted octanol–water partition coefficient (Wildman–Crippen LogP) is 3.67. The van der Waals surface area contributed by atoms with Crippen LogP contribution < -0.4 is 0 Å². The SMILES string of the molecule is Cc1cc(O)c(C)c(C)c1C(=O)OCc1ccccc1. The Kier molecular flexibility index (Phi) is 4.08. The van der Waals surface area contributed by atoms with Crippen molar-refractivity contribution in [2.45, 2.75) is 27.4 Å². The molecule has 0 bridgehead atoms. The lowest BCUT2D eigenvalue weighted by Crippen LogP contribution is -2.10. The van der Waals surface area contributed by atoms with Gasteiger partial charge in [-0.2, -0.15) is 0 Å². The van der Waals surface area contributed by atoms with Gasteiger partial charge in [0.15, 0.2) is 0 Å². The van der Waals surface area contributed by atoms with Crippen molar-refractivity contribution in [2.75, 3.05) is 0 Å². The summed E-state index contributed by atoms with van der Waals surface area (Å²) in [7, 11) is 0. The summed E-state index contributed by atoms with van der Waals surface area (Å²) in [5.41, 5.74) is 3.69. The van der Waals surface area contributed by atoms with Gasteiger partial charge in [-0.15, -0.1) is 0 Å². The summed E-state index contributed by atoms with van der Waals surface area (Å²) < 4.78 is 5.35. The van der Waals surface area contributed by atoms with E-state index >= 15 is 0 Å². The summed E-state index contributed by atoms with van der Waals surface area (Å²) in [6, 6.07) is 11.2. The largest absolute Gasteiger partial charge is 0.508 e. The Balaban J connectivity index is 2.20. The maximum atomic E-state index is 12.2. The van der Waals surface area contributed by atoms with Crippen molar-refractivity contribution < 1.29 is 14.6 Å². The fourth-order valence-corrected chi connectivity index (χ4v) is 2.17. The van der Waals surface area contributed by atoms with Crippen molar-refractivity contribution in [1.29, 1.82) is 0 Å². The molecule has 0 spiro atoms. The van der Waals surface area contributed by atoms with Crippen molar-refractivity contribution in [3.8, 4) is 5.75 Å². The number of aryl methyl sites for hydroxylation is 1.